The predicted molar refractivity (Wildman–Crippen MR) is 111 cm³/mol. The Morgan fingerprint density at radius 1 is 1.10 bits per heavy atom. The fraction of sp³-hybridized carbons (Fsp3) is 0.364. The van der Waals surface area contributed by atoms with Crippen LogP contribution in [-0.4, -0.2) is 43.5 Å². The standard InChI is InChI=1S/C22H23N5O3/c28-20(18-7-4-12-25(18)21(29)16-9-10-16)23-17-6-3-5-15(13-17)14-27-22(30)26-11-2-1-8-19(26)24-27/h1-3,5-6,8,11,13,16,18H,4,7,9-10,12,14H2,(H,23,28). The quantitative estimate of drug-likeness (QED) is 0.702. The number of carbonyl (C=O) groups is 2. The minimum absolute atomic E-state index is 0.116. The molecule has 3 heterocycles. The van der Waals surface area contributed by atoms with E-state index in [2.05, 4.69) is 10.4 Å². The molecule has 1 aromatic carbocycles. The fourth-order valence-corrected chi connectivity index (χ4v) is 4.08. The molecule has 154 valence electrons. The molecule has 0 radical (unpaired) electrons. The Morgan fingerprint density at radius 2 is 1.97 bits per heavy atom. The molecule has 1 N–H and O–H groups in total. The van der Waals surface area contributed by atoms with Crippen molar-refractivity contribution in [1.82, 2.24) is 19.1 Å². The molecule has 5 rings (SSSR count). The first-order valence-electron chi connectivity index (χ1n) is 10.3. The molecule has 1 saturated heterocycles. The molecule has 3 aromatic rings. The van der Waals surface area contributed by atoms with Crippen molar-refractivity contribution in [3.05, 3.63) is 64.7 Å². The highest BCUT2D eigenvalue weighted by atomic mass is 16.2. The first kappa shape index (κ1) is 18.6. The summed E-state index contributed by atoms with van der Waals surface area (Å²) >= 11 is 0. The lowest BCUT2D eigenvalue weighted by molar-refractivity contribution is -0.137. The summed E-state index contributed by atoms with van der Waals surface area (Å²) in [5.74, 6) is 0.0849. The van der Waals surface area contributed by atoms with Crippen LogP contribution in [0.5, 0.6) is 0 Å². The number of pyridine rings is 1. The summed E-state index contributed by atoms with van der Waals surface area (Å²) < 4.78 is 2.90. The van der Waals surface area contributed by atoms with E-state index in [-0.39, 0.29) is 23.4 Å². The van der Waals surface area contributed by atoms with Crippen LogP contribution in [0.4, 0.5) is 5.69 Å². The largest absolute Gasteiger partial charge is 0.350 e. The predicted octanol–water partition coefficient (Wildman–Crippen LogP) is 1.88. The molecule has 1 aliphatic carbocycles. The number of fused-ring (bicyclic) bond motifs is 1. The second-order valence-corrected chi connectivity index (χ2v) is 8.02. The van der Waals surface area contributed by atoms with E-state index < -0.39 is 6.04 Å². The molecule has 0 bridgehead atoms. The summed E-state index contributed by atoms with van der Waals surface area (Å²) in [5.41, 5.74) is 1.89. The molecule has 8 heteroatoms. The maximum atomic E-state index is 12.8. The summed E-state index contributed by atoms with van der Waals surface area (Å²) in [5, 5.41) is 7.30. The third kappa shape index (κ3) is 3.49. The van der Waals surface area contributed by atoms with E-state index in [4.69, 9.17) is 0 Å². The molecule has 8 nitrogen and oxygen atoms in total. The van der Waals surface area contributed by atoms with Crippen LogP contribution in [0, 0.1) is 5.92 Å². The van der Waals surface area contributed by atoms with E-state index in [1.54, 1.807) is 23.2 Å². The normalized spacial score (nSPS) is 18.7. The van der Waals surface area contributed by atoms with Crippen molar-refractivity contribution in [3.8, 4) is 0 Å². The summed E-state index contributed by atoms with van der Waals surface area (Å²) in [6.45, 7) is 0.963. The summed E-state index contributed by atoms with van der Waals surface area (Å²) in [6.07, 6.45) is 5.12. The highest BCUT2D eigenvalue weighted by Gasteiger charge is 2.40. The number of carbonyl (C=O) groups excluding carboxylic acids is 2. The first-order valence-corrected chi connectivity index (χ1v) is 10.3. The third-order valence-corrected chi connectivity index (χ3v) is 5.78. The number of hydrogen-bond donors (Lipinski definition) is 1. The average molecular weight is 405 g/mol. The minimum atomic E-state index is -0.400. The van der Waals surface area contributed by atoms with Crippen LogP contribution in [0.1, 0.15) is 31.2 Å². The Labute approximate surface area is 173 Å². The van der Waals surface area contributed by atoms with E-state index in [1.165, 1.54) is 9.08 Å². The van der Waals surface area contributed by atoms with E-state index in [0.717, 1.165) is 24.8 Å². The van der Waals surface area contributed by atoms with Gasteiger partial charge in [-0.2, -0.15) is 0 Å². The minimum Gasteiger partial charge on any atom is -0.330 e. The summed E-state index contributed by atoms with van der Waals surface area (Å²) in [6, 6.07) is 12.4. The van der Waals surface area contributed by atoms with Crippen LogP contribution in [-0.2, 0) is 16.1 Å². The second kappa shape index (κ2) is 7.44. The third-order valence-electron chi connectivity index (χ3n) is 5.78. The van der Waals surface area contributed by atoms with Gasteiger partial charge in [0.15, 0.2) is 5.65 Å². The fourth-order valence-electron chi connectivity index (χ4n) is 4.08. The van der Waals surface area contributed by atoms with Gasteiger partial charge in [0, 0.05) is 24.3 Å². The van der Waals surface area contributed by atoms with Crippen LogP contribution >= 0.6 is 0 Å². The first-order chi connectivity index (χ1) is 14.6. The van der Waals surface area contributed by atoms with Crippen LogP contribution < -0.4 is 11.0 Å². The molecule has 2 fully saturated rings. The molecule has 30 heavy (non-hydrogen) atoms. The van der Waals surface area contributed by atoms with Crippen LogP contribution in [0.25, 0.3) is 5.65 Å². The zero-order valence-corrected chi connectivity index (χ0v) is 16.5. The van der Waals surface area contributed by atoms with Crippen molar-refractivity contribution in [2.45, 2.75) is 38.3 Å². The van der Waals surface area contributed by atoms with Gasteiger partial charge in [0.05, 0.1) is 6.54 Å². The highest BCUT2D eigenvalue weighted by molar-refractivity contribution is 5.98. The van der Waals surface area contributed by atoms with Gasteiger partial charge in [-0.3, -0.25) is 14.0 Å². The summed E-state index contributed by atoms with van der Waals surface area (Å²) in [4.78, 5) is 39.5. The Kier molecular flexibility index (Phi) is 4.61. The molecule has 0 spiro atoms. The van der Waals surface area contributed by atoms with Gasteiger partial charge in [-0.05, 0) is 55.5 Å². The molecule has 2 amide bonds. The number of hydrogen-bond acceptors (Lipinski definition) is 4. The zero-order valence-electron chi connectivity index (χ0n) is 16.5. The lowest BCUT2D eigenvalue weighted by atomic mass is 10.1. The van der Waals surface area contributed by atoms with Crippen molar-refractivity contribution >= 4 is 23.1 Å². The van der Waals surface area contributed by atoms with Gasteiger partial charge >= 0.3 is 5.69 Å². The maximum Gasteiger partial charge on any atom is 0.350 e. The van der Waals surface area contributed by atoms with Crippen molar-refractivity contribution in [2.75, 3.05) is 11.9 Å². The van der Waals surface area contributed by atoms with Crippen LogP contribution in [0.2, 0.25) is 0 Å². The Balaban J connectivity index is 1.31. The van der Waals surface area contributed by atoms with E-state index >= 15 is 0 Å². The molecule has 1 atom stereocenters. The average Bonchev–Trinajstić information content (AvgIpc) is 3.40. The van der Waals surface area contributed by atoms with Crippen LogP contribution in [0.3, 0.4) is 0 Å². The number of nitrogens with zero attached hydrogens (tertiary/aromatic N) is 4. The van der Waals surface area contributed by atoms with E-state index in [9.17, 15) is 14.4 Å². The molecule has 1 unspecified atom stereocenters. The van der Waals surface area contributed by atoms with Gasteiger partial charge in [0.2, 0.25) is 11.8 Å². The Bertz CT molecular complexity index is 1180. The Morgan fingerprint density at radius 3 is 2.77 bits per heavy atom. The van der Waals surface area contributed by atoms with Gasteiger partial charge in [-0.25, -0.2) is 9.48 Å². The monoisotopic (exact) mass is 405 g/mol. The lowest BCUT2D eigenvalue weighted by Crippen LogP contribution is -2.43. The van der Waals surface area contributed by atoms with Gasteiger partial charge in [0.1, 0.15) is 6.04 Å². The van der Waals surface area contributed by atoms with Crippen molar-refractivity contribution in [3.63, 3.8) is 0 Å². The number of rotatable bonds is 5. The molecule has 2 aliphatic rings. The van der Waals surface area contributed by atoms with Crippen LogP contribution in [0.15, 0.2) is 53.5 Å². The van der Waals surface area contributed by atoms with Gasteiger partial charge < -0.3 is 10.2 Å². The number of aromatic nitrogens is 3. The van der Waals surface area contributed by atoms with E-state index in [1.807, 2.05) is 30.3 Å². The number of likely N-dealkylation sites (tertiary alicyclic amines) is 1. The number of amides is 2. The number of nitrogens with one attached hydrogen (secondary N) is 1. The molecule has 1 aliphatic heterocycles. The molecule has 2 aromatic heterocycles. The lowest BCUT2D eigenvalue weighted by Gasteiger charge is -2.24. The Hall–Kier alpha value is -3.42. The molecule has 1 saturated carbocycles. The van der Waals surface area contributed by atoms with E-state index in [0.29, 0.717) is 30.8 Å². The van der Waals surface area contributed by atoms with Gasteiger partial charge in [-0.15, -0.1) is 5.10 Å². The molecular weight excluding hydrogens is 382 g/mol. The molecular formula is C22H23N5O3. The van der Waals surface area contributed by atoms with Crippen molar-refractivity contribution in [1.29, 1.82) is 0 Å². The van der Waals surface area contributed by atoms with Gasteiger partial charge in [0.25, 0.3) is 0 Å². The maximum absolute atomic E-state index is 12.8. The van der Waals surface area contributed by atoms with Crippen molar-refractivity contribution < 1.29 is 9.59 Å². The second-order valence-electron chi connectivity index (χ2n) is 8.02. The summed E-state index contributed by atoms with van der Waals surface area (Å²) in [7, 11) is 0. The highest BCUT2D eigenvalue weighted by Crippen LogP contribution is 2.33. The topological polar surface area (TPSA) is 88.7 Å². The zero-order chi connectivity index (χ0) is 20.7. The SMILES string of the molecule is O=C(Nc1cccc(Cn2nc3ccccn3c2=O)c1)C1CCCN1C(=O)C1CC1. The van der Waals surface area contributed by atoms with Gasteiger partial charge in [-0.1, -0.05) is 18.2 Å². The number of anilines is 1. The number of benzene rings is 1. The smallest absolute Gasteiger partial charge is 0.330 e. The van der Waals surface area contributed by atoms with Crippen molar-refractivity contribution in [2.24, 2.45) is 5.92 Å².